The molecule has 0 radical (unpaired) electrons. The third kappa shape index (κ3) is 6.87. The lowest BCUT2D eigenvalue weighted by atomic mass is 10.2. The van der Waals surface area contributed by atoms with Crippen LogP contribution in [0.1, 0.15) is 20.7 Å². The van der Waals surface area contributed by atoms with E-state index < -0.39 is 35.8 Å². The molecule has 3 rings (SSSR count). The molecule has 0 fully saturated rings. The summed E-state index contributed by atoms with van der Waals surface area (Å²) in [6.07, 6.45) is 0. The quantitative estimate of drug-likeness (QED) is 0.436. The van der Waals surface area contributed by atoms with Crippen LogP contribution >= 0.6 is 43.2 Å². The summed E-state index contributed by atoms with van der Waals surface area (Å²) in [5.41, 5.74) is 0.817. The van der Waals surface area contributed by atoms with E-state index in [9.17, 15) is 19.2 Å². The van der Waals surface area contributed by atoms with E-state index >= 15 is 0 Å². The van der Waals surface area contributed by atoms with Crippen molar-refractivity contribution >= 4 is 66.9 Å². The Hall–Kier alpha value is -2.28. The highest BCUT2D eigenvalue weighted by Crippen LogP contribution is 2.40. The molecule has 34 heavy (non-hydrogen) atoms. The predicted molar refractivity (Wildman–Crippen MR) is 136 cm³/mol. The fraction of sp³-hybridized carbons (Fsp3) is 0.273. The Labute approximate surface area is 212 Å². The lowest BCUT2D eigenvalue weighted by molar-refractivity contribution is -0.143. The second-order valence-corrected chi connectivity index (χ2v) is 11.6. The zero-order valence-electron chi connectivity index (χ0n) is 18.3. The molecule has 0 unspecified atom stereocenters. The topological polar surface area (TPSA) is 111 Å². The Balaban J connectivity index is 1.95. The highest BCUT2D eigenvalue weighted by molar-refractivity contribution is 8.77. The fourth-order valence-corrected chi connectivity index (χ4v) is 7.53. The fourth-order valence-electron chi connectivity index (χ4n) is 2.87. The number of esters is 2. The Morgan fingerprint density at radius 1 is 0.735 bits per heavy atom. The van der Waals surface area contributed by atoms with Gasteiger partial charge in [0.2, 0.25) is 0 Å². The van der Waals surface area contributed by atoms with Gasteiger partial charge < -0.3 is 20.1 Å². The first kappa shape index (κ1) is 26.3. The lowest BCUT2D eigenvalue weighted by Gasteiger charge is -2.20. The zero-order chi connectivity index (χ0) is 24.5. The van der Waals surface area contributed by atoms with Crippen LogP contribution in [-0.4, -0.2) is 61.6 Å². The number of carbonyl (C=O) groups is 4. The molecule has 2 aromatic carbocycles. The van der Waals surface area contributed by atoms with Crippen molar-refractivity contribution in [1.29, 1.82) is 0 Å². The van der Waals surface area contributed by atoms with Gasteiger partial charge >= 0.3 is 11.9 Å². The summed E-state index contributed by atoms with van der Waals surface area (Å²) in [6.45, 7) is 0. The van der Waals surface area contributed by atoms with Crippen molar-refractivity contribution in [2.45, 2.75) is 21.9 Å². The van der Waals surface area contributed by atoms with Gasteiger partial charge in [-0.05, 0) is 24.3 Å². The number of carbonyl (C=O) groups excluding carboxylic acids is 4. The number of fused-ring (bicyclic) bond motifs is 2. The van der Waals surface area contributed by atoms with Gasteiger partial charge in [-0.15, -0.1) is 0 Å². The van der Waals surface area contributed by atoms with Crippen LogP contribution in [0.15, 0.2) is 58.3 Å². The van der Waals surface area contributed by atoms with Crippen LogP contribution in [0.5, 0.6) is 0 Å². The second-order valence-electron chi connectivity index (χ2n) is 6.83. The molecular formula is C22H22N2O6S4. The molecule has 0 saturated carbocycles. The third-order valence-electron chi connectivity index (χ3n) is 4.62. The normalized spacial score (nSPS) is 19.6. The van der Waals surface area contributed by atoms with Crippen molar-refractivity contribution in [3.63, 3.8) is 0 Å². The number of methoxy groups -OCH3 is 2. The van der Waals surface area contributed by atoms with Crippen LogP contribution in [0.25, 0.3) is 0 Å². The summed E-state index contributed by atoms with van der Waals surface area (Å²) < 4.78 is 9.69. The maximum Gasteiger partial charge on any atom is 0.329 e. The SMILES string of the molecule is COC(=O)[C@@H]1CSSC[C@@H](C(=O)OC)NC(=O)c2ccccc2SSc2ccccc2C(=O)N1. The number of hydrogen-bond acceptors (Lipinski definition) is 10. The van der Waals surface area contributed by atoms with E-state index in [0.717, 1.165) is 0 Å². The van der Waals surface area contributed by atoms with Gasteiger partial charge in [0.05, 0.1) is 25.3 Å². The number of rotatable bonds is 2. The van der Waals surface area contributed by atoms with Crippen molar-refractivity contribution < 1.29 is 28.7 Å². The van der Waals surface area contributed by atoms with E-state index in [2.05, 4.69) is 10.6 Å². The van der Waals surface area contributed by atoms with Crippen LogP contribution in [0, 0.1) is 0 Å². The molecule has 0 saturated heterocycles. The molecule has 2 atom stereocenters. The van der Waals surface area contributed by atoms with Gasteiger partial charge in [-0.1, -0.05) is 67.4 Å². The van der Waals surface area contributed by atoms with E-state index in [4.69, 9.17) is 9.47 Å². The maximum absolute atomic E-state index is 13.0. The molecule has 2 aromatic rings. The van der Waals surface area contributed by atoms with Gasteiger partial charge in [-0.3, -0.25) is 9.59 Å². The Bertz CT molecular complexity index is 984. The smallest absolute Gasteiger partial charge is 0.329 e. The van der Waals surface area contributed by atoms with E-state index in [1.54, 1.807) is 36.4 Å². The van der Waals surface area contributed by atoms with Crippen LogP contribution in [0.2, 0.25) is 0 Å². The highest BCUT2D eigenvalue weighted by Gasteiger charge is 2.27. The van der Waals surface area contributed by atoms with Crippen molar-refractivity contribution in [2.24, 2.45) is 0 Å². The van der Waals surface area contributed by atoms with Gasteiger partial charge in [0, 0.05) is 21.3 Å². The molecule has 0 spiro atoms. The van der Waals surface area contributed by atoms with Crippen molar-refractivity contribution in [3.05, 3.63) is 59.7 Å². The number of benzene rings is 2. The Kier molecular flexibility index (Phi) is 10.1. The summed E-state index contributed by atoms with van der Waals surface area (Å²) in [5, 5.41) is 5.49. The molecule has 2 amide bonds. The van der Waals surface area contributed by atoms with Gasteiger partial charge in [0.25, 0.3) is 11.8 Å². The van der Waals surface area contributed by atoms with Crippen molar-refractivity contribution in [1.82, 2.24) is 10.6 Å². The summed E-state index contributed by atoms with van der Waals surface area (Å²) in [4.78, 5) is 51.9. The highest BCUT2D eigenvalue weighted by atomic mass is 33.1. The third-order valence-corrected chi connectivity index (χ3v) is 9.52. The lowest BCUT2D eigenvalue weighted by Crippen LogP contribution is -2.44. The van der Waals surface area contributed by atoms with Gasteiger partial charge in [-0.25, -0.2) is 9.59 Å². The molecule has 1 aliphatic heterocycles. The minimum Gasteiger partial charge on any atom is -0.467 e. The number of amides is 2. The first-order valence-corrected chi connectivity index (χ1v) is 14.6. The monoisotopic (exact) mass is 538 g/mol. The summed E-state index contributed by atoms with van der Waals surface area (Å²) >= 11 is 0. The van der Waals surface area contributed by atoms with Crippen molar-refractivity contribution in [2.75, 3.05) is 25.7 Å². The first-order valence-electron chi connectivity index (χ1n) is 9.99. The molecule has 0 bridgehead atoms. The first-order chi connectivity index (χ1) is 16.4. The van der Waals surface area contributed by atoms with Gasteiger partial charge in [0.1, 0.15) is 12.1 Å². The number of nitrogens with one attached hydrogen (secondary N) is 2. The maximum atomic E-state index is 13.0. The van der Waals surface area contributed by atoms with Crippen LogP contribution in [0.3, 0.4) is 0 Å². The summed E-state index contributed by atoms with van der Waals surface area (Å²) in [5.74, 6) is -1.55. The predicted octanol–water partition coefficient (Wildman–Crippen LogP) is 3.42. The molecule has 0 aliphatic carbocycles. The van der Waals surface area contributed by atoms with E-state index in [0.29, 0.717) is 20.9 Å². The van der Waals surface area contributed by atoms with E-state index in [1.165, 1.54) is 57.4 Å². The van der Waals surface area contributed by atoms with E-state index in [1.807, 2.05) is 12.1 Å². The molecule has 12 heteroatoms. The zero-order valence-corrected chi connectivity index (χ0v) is 21.5. The molecule has 1 heterocycles. The largest absolute Gasteiger partial charge is 0.467 e. The van der Waals surface area contributed by atoms with Crippen LogP contribution in [0.4, 0.5) is 0 Å². The molecule has 180 valence electrons. The van der Waals surface area contributed by atoms with Crippen LogP contribution < -0.4 is 10.6 Å². The van der Waals surface area contributed by atoms with Crippen LogP contribution in [-0.2, 0) is 19.1 Å². The van der Waals surface area contributed by atoms with E-state index in [-0.39, 0.29) is 11.5 Å². The van der Waals surface area contributed by atoms with Crippen molar-refractivity contribution in [3.8, 4) is 0 Å². The molecule has 2 N–H and O–H groups in total. The van der Waals surface area contributed by atoms with Gasteiger partial charge in [-0.2, -0.15) is 0 Å². The minimum atomic E-state index is -0.888. The summed E-state index contributed by atoms with van der Waals surface area (Å²) in [7, 11) is 7.70. The standard InChI is InChI=1S/C22H22N2O6S4/c1-29-21(27)15-11-31-32-12-16(22(28)30-2)24-20(26)14-8-4-6-10-18(14)34-33-17-9-5-3-7-13(17)19(25)23-15/h3-10,15-16H,11-12H2,1-2H3,(H,23,25)(H,24,26)/t15-,16-/m0/s1. The summed E-state index contributed by atoms with van der Waals surface area (Å²) in [6, 6.07) is 12.3. The molecule has 0 aromatic heterocycles. The number of ether oxygens (including phenoxy) is 2. The van der Waals surface area contributed by atoms with Gasteiger partial charge in [0.15, 0.2) is 0 Å². The Morgan fingerprint density at radius 3 is 1.50 bits per heavy atom. The average molecular weight is 539 g/mol. The molecule has 1 aliphatic rings. The minimum absolute atomic E-state index is 0.206. The molecule has 8 nitrogen and oxygen atoms in total. The number of hydrogen-bond donors (Lipinski definition) is 2. The molecular weight excluding hydrogens is 517 g/mol. The second kappa shape index (κ2) is 13.0. The average Bonchev–Trinajstić information content (AvgIpc) is 2.87. The Morgan fingerprint density at radius 2 is 1.12 bits per heavy atom.